The Morgan fingerprint density at radius 3 is 0.735 bits per heavy atom. The van der Waals surface area contributed by atoms with Gasteiger partial charge in [-0.2, -0.15) is 0 Å². The molecule has 199 valence electrons. The molecule has 7 heteroatoms. The topological polar surface area (TPSA) is 120 Å². The summed E-state index contributed by atoms with van der Waals surface area (Å²) in [5.74, 6) is -2.16. The molecule has 3 unspecified atom stereocenters. The van der Waals surface area contributed by atoms with Crippen molar-refractivity contribution in [3.05, 3.63) is 0 Å². The fourth-order valence-electron chi connectivity index (χ4n) is 4.21. The maximum absolute atomic E-state index is 10.2. The van der Waals surface area contributed by atoms with Gasteiger partial charge in [0.25, 0.3) is 0 Å². The second-order valence-corrected chi connectivity index (χ2v) is 13.3. The summed E-state index contributed by atoms with van der Waals surface area (Å²) in [7, 11) is 0. The molecule has 0 aliphatic rings. The molecule has 0 aromatic heterocycles. The van der Waals surface area contributed by atoms with Gasteiger partial charge < -0.3 is 29.7 Å². The van der Waals surface area contributed by atoms with Crippen LogP contribution in [0.1, 0.15) is 122 Å². The molecule has 0 spiro atoms. The Kier molecular flexibility index (Phi) is 22.8. The Morgan fingerprint density at radius 1 is 0.500 bits per heavy atom. The number of rotatable bonds is 9. The van der Waals surface area contributed by atoms with Gasteiger partial charge in [0.15, 0.2) is 0 Å². The summed E-state index contributed by atoms with van der Waals surface area (Å²) in [6.45, 7) is 24.8. The molecule has 0 aliphatic carbocycles. The minimum Gasteiger partial charge on any atom is -0.550 e. The standard InChI is InChI=1S/3C9H18O2.Ce/c3*1-7(5-8(10)11)6-9(2,3)4;/h3*7H,5-6H2,1-4H3,(H,10,11);/q;;;+3/p-3. The third-order valence-corrected chi connectivity index (χ3v) is 4.43. The number of carboxylic acids is 3. The normalized spacial score (nSPS) is 14.1. The van der Waals surface area contributed by atoms with Crippen LogP contribution in [-0.4, -0.2) is 17.9 Å². The van der Waals surface area contributed by atoms with Crippen LogP contribution < -0.4 is 15.3 Å². The third-order valence-electron chi connectivity index (χ3n) is 4.43. The van der Waals surface area contributed by atoms with E-state index >= 15 is 0 Å². The zero-order chi connectivity index (χ0) is 27.2. The van der Waals surface area contributed by atoms with E-state index in [1.807, 2.05) is 20.8 Å². The van der Waals surface area contributed by atoms with Crippen LogP contribution in [0.4, 0.5) is 0 Å². The van der Waals surface area contributed by atoms with Crippen LogP contribution in [-0.2, 0) is 14.4 Å². The number of carbonyl (C=O) groups is 3. The number of hydrogen-bond donors (Lipinski definition) is 0. The first-order valence-electron chi connectivity index (χ1n) is 12.0. The Morgan fingerprint density at radius 2 is 0.647 bits per heavy atom. The number of hydrogen-bond acceptors (Lipinski definition) is 6. The summed E-state index contributed by atoms with van der Waals surface area (Å²) in [5.41, 5.74) is 0.651. The molecule has 0 N–H and O–H groups in total. The van der Waals surface area contributed by atoms with Crippen molar-refractivity contribution in [3.8, 4) is 0 Å². The van der Waals surface area contributed by atoms with Crippen molar-refractivity contribution in [2.45, 2.75) is 122 Å². The van der Waals surface area contributed by atoms with Gasteiger partial charge in [-0.3, -0.25) is 0 Å². The Labute approximate surface area is 243 Å². The molecule has 0 aromatic rings. The number of aliphatic carboxylic acids is 3. The van der Waals surface area contributed by atoms with Crippen molar-refractivity contribution in [3.63, 3.8) is 0 Å². The Bertz CT molecular complexity index is 486. The first-order valence-corrected chi connectivity index (χ1v) is 12.0. The molecular formula is C27H51CeO6. The molecular weight excluding hydrogens is 560 g/mol. The maximum Gasteiger partial charge on any atom is 3.00 e. The average molecular weight is 612 g/mol. The molecule has 0 aromatic carbocycles. The van der Waals surface area contributed by atoms with E-state index in [1.165, 1.54) is 0 Å². The van der Waals surface area contributed by atoms with Crippen molar-refractivity contribution in [1.82, 2.24) is 0 Å². The van der Waals surface area contributed by atoms with E-state index in [4.69, 9.17) is 0 Å². The summed E-state index contributed by atoms with van der Waals surface area (Å²) in [4.78, 5) is 30.6. The summed E-state index contributed by atoms with van der Waals surface area (Å²) >= 11 is 0. The molecule has 0 amide bonds. The second-order valence-electron chi connectivity index (χ2n) is 13.3. The fraction of sp³-hybridized carbons (Fsp3) is 0.889. The van der Waals surface area contributed by atoms with Gasteiger partial charge in [-0.25, -0.2) is 0 Å². The quantitative estimate of drug-likeness (QED) is 0.393. The molecule has 0 rings (SSSR count). The van der Waals surface area contributed by atoms with Crippen LogP contribution in [0.2, 0.25) is 0 Å². The van der Waals surface area contributed by atoms with E-state index in [9.17, 15) is 29.7 Å². The van der Waals surface area contributed by atoms with Crippen LogP contribution in [0.5, 0.6) is 0 Å². The molecule has 0 heterocycles. The molecule has 0 aliphatic heterocycles. The van der Waals surface area contributed by atoms with Crippen molar-refractivity contribution in [2.75, 3.05) is 0 Å². The first-order chi connectivity index (χ1) is 14.4. The van der Waals surface area contributed by atoms with Gasteiger partial charge in [0.1, 0.15) is 0 Å². The largest absolute Gasteiger partial charge is 3.00 e. The van der Waals surface area contributed by atoms with Crippen molar-refractivity contribution < 1.29 is 71.5 Å². The molecule has 1 radical (unpaired) electrons. The van der Waals surface area contributed by atoms with E-state index in [-0.39, 0.29) is 95.0 Å². The van der Waals surface area contributed by atoms with Crippen LogP contribution in [0.3, 0.4) is 0 Å². The van der Waals surface area contributed by atoms with Gasteiger partial charge in [-0.15, -0.1) is 0 Å². The molecule has 0 bridgehead atoms. The van der Waals surface area contributed by atoms with E-state index in [1.54, 1.807) is 0 Å². The third kappa shape index (κ3) is 42.0. The molecule has 34 heavy (non-hydrogen) atoms. The summed E-state index contributed by atoms with van der Waals surface area (Å²) in [6.07, 6.45) is 3.33. The maximum atomic E-state index is 10.2. The fourth-order valence-corrected chi connectivity index (χ4v) is 4.21. The van der Waals surface area contributed by atoms with Gasteiger partial charge in [0.05, 0.1) is 0 Å². The molecule has 3 atom stereocenters. The van der Waals surface area contributed by atoms with E-state index in [0.717, 1.165) is 19.3 Å². The van der Waals surface area contributed by atoms with Gasteiger partial charge in [0, 0.05) is 17.9 Å². The van der Waals surface area contributed by atoms with Gasteiger partial charge in [-0.1, -0.05) is 83.1 Å². The molecule has 0 saturated carbocycles. The summed E-state index contributed by atoms with van der Waals surface area (Å²) < 4.78 is 0. The minimum absolute atomic E-state index is 0. The first kappa shape index (κ1) is 40.9. The second kappa shape index (κ2) is 19.0. The van der Waals surface area contributed by atoms with Gasteiger partial charge in [0.2, 0.25) is 0 Å². The smallest absolute Gasteiger partial charge is 0.550 e. The van der Waals surface area contributed by atoms with Crippen LogP contribution >= 0.6 is 0 Å². The van der Waals surface area contributed by atoms with Crippen molar-refractivity contribution in [1.29, 1.82) is 0 Å². The summed E-state index contributed by atoms with van der Waals surface area (Å²) in [6, 6.07) is 0. The van der Waals surface area contributed by atoms with Gasteiger partial charge in [-0.05, 0) is 72.5 Å². The van der Waals surface area contributed by atoms with E-state index in [2.05, 4.69) is 62.3 Å². The van der Waals surface area contributed by atoms with Crippen LogP contribution in [0.15, 0.2) is 0 Å². The van der Waals surface area contributed by atoms with Gasteiger partial charge >= 0.3 is 41.7 Å². The average Bonchev–Trinajstić information content (AvgIpc) is 2.38. The van der Waals surface area contributed by atoms with Crippen molar-refractivity contribution >= 4 is 17.9 Å². The molecule has 0 fully saturated rings. The molecule has 6 nitrogen and oxygen atoms in total. The minimum atomic E-state index is -0.943. The van der Waals surface area contributed by atoms with Crippen LogP contribution in [0.25, 0.3) is 0 Å². The molecule has 0 saturated heterocycles. The van der Waals surface area contributed by atoms with Crippen molar-refractivity contribution in [2.24, 2.45) is 34.0 Å². The number of carbonyl (C=O) groups excluding carboxylic acids is 3. The van der Waals surface area contributed by atoms with E-state index < -0.39 is 17.9 Å². The zero-order valence-corrected chi connectivity index (χ0v) is 27.1. The van der Waals surface area contributed by atoms with Crippen LogP contribution in [0, 0.1) is 75.7 Å². The zero-order valence-electron chi connectivity index (χ0n) is 23.9. The monoisotopic (exact) mass is 611 g/mol. The number of carboxylic acid groups (broad SMARTS) is 3. The van der Waals surface area contributed by atoms with E-state index in [0.29, 0.717) is 0 Å². The SMILES string of the molecule is CC(CC(=O)[O-])CC(C)(C)C.CC(CC(=O)[O-])CC(C)(C)C.CC(CC(=O)[O-])CC(C)(C)C.[Ce+3]. The predicted molar refractivity (Wildman–Crippen MR) is 129 cm³/mol. The Hall–Kier alpha value is -0.213. The predicted octanol–water partition coefficient (Wildman–Crippen LogP) is 3.60. The summed E-state index contributed by atoms with van der Waals surface area (Å²) in [5, 5.41) is 30.6. The Balaban J connectivity index is -0.000000196.